The number of rotatable bonds is 3. The zero-order valence-electron chi connectivity index (χ0n) is 14.3. The van der Waals surface area contributed by atoms with E-state index in [1.165, 1.54) is 18.5 Å². The molecule has 1 N–H and O–H groups in total. The van der Waals surface area contributed by atoms with Gasteiger partial charge in [-0.05, 0) is 24.1 Å². The topological polar surface area (TPSA) is 73.7 Å². The van der Waals surface area contributed by atoms with Gasteiger partial charge in [0.05, 0.1) is 11.1 Å². The molecule has 3 rings (SSSR count). The minimum atomic E-state index is -1.09. The van der Waals surface area contributed by atoms with Crippen LogP contribution in [0.25, 0.3) is 0 Å². The maximum Gasteiger partial charge on any atom is 0.337 e. The monoisotopic (exact) mass is 339 g/mol. The highest BCUT2D eigenvalue weighted by molar-refractivity contribution is 5.97. The first-order chi connectivity index (χ1) is 12.0. The van der Waals surface area contributed by atoms with Gasteiger partial charge in [0.2, 0.25) is 0 Å². The molecule has 0 saturated carbocycles. The van der Waals surface area contributed by atoms with E-state index in [4.69, 9.17) is 5.11 Å². The van der Waals surface area contributed by atoms with Crippen molar-refractivity contribution in [1.82, 2.24) is 9.88 Å². The van der Waals surface area contributed by atoms with Gasteiger partial charge in [0.15, 0.2) is 0 Å². The molecule has 6 nitrogen and oxygen atoms in total. The molecule has 2 aromatic rings. The number of amides is 1. The van der Waals surface area contributed by atoms with Crippen LogP contribution in [0.5, 0.6) is 0 Å². The van der Waals surface area contributed by atoms with Crippen molar-refractivity contribution in [2.75, 3.05) is 18.5 Å². The number of nitrogens with zero attached hydrogens (tertiary/aromatic N) is 3. The number of aromatic carboxylic acids is 1. The number of carboxylic acids is 1. The summed E-state index contributed by atoms with van der Waals surface area (Å²) >= 11 is 0. The standard InChI is InChI=1S/C19H21N3O3/c1-3-16-12-21(2)17-7-5-4-6-13(17)11-22(16)18(23)14-8-15(19(24)25)10-20-9-14/h4-10,16H,3,11-12H2,1-2H3,(H,24,25). The Morgan fingerprint density at radius 2 is 1.96 bits per heavy atom. The Morgan fingerprint density at radius 1 is 1.24 bits per heavy atom. The summed E-state index contributed by atoms with van der Waals surface area (Å²) in [4.78, 5) is 32.2. The fraction of sp³-hybridized carbons (Fsp3) is 0.316. The number of anilines is 1. The van der Waals surface area contributed by atoms with Crippen LogP contribution in [-0.2, 0) is 6.54 Å². The molecule has 1 atom stereocenters. The van der Waals surface area contributed by atoms with Crippen LogP contribution in [0.4, 0.5) is 5.69 Å². The smallest absolute Gasteiger partial charge is 0.337 e. The van der Waals surface area contributed by atoms with Gasteiger partial charge in [-0.25, -0.2) is 4.79 Å². The average Bonchev–Trinajstić information content (AvgIpc) is 2.78. The SMILES string of the molecule is CCC1CN(C)c2ccccc2CN1C(=O)c1cncc(C(=O)O)c1. The van der Waals surface area contributed by atoms with Crippen LogP contribution in [-0.4, -0.2) is 46.5 Å². The molecule has 0 spiro atoms. The number of hydrogen-bond acceptors (Lipinski definition) is 4. The lowest BCUT2D eigenvalue weighted by Crippen LogP contribution is -2.43. The third kappa shape index (κ3) is 3.33. The third-order valence-electron chi connectivity index (χ3n) is 4.63. The summed E-state index contributed by atoms with van der Waals surface area (Å²) in [6.07, 6.45) is 3.50. The van der Waals surface area contributed by atoms with E-state index < -0.39 is 5.97 Å². The molecule has 130 valence electrons. The predicted molar refractivity (Wildman–Crippen MR) is 94.9 cm³/mol. The molecular weight excluding hydrogens is 318 g/mol. The Kier molecular flexibility index (Phi) is 4.70. The summed E-state index contributed by atoms with van der Waals surface area (Å²) in [5, 5.41) is 9.14. The molecule has 0 fully saturated rings. The van der Waals surface area contributed by atoms with Crippen molar-refractivity contribution < 1.29 is 14.7 Å². The first-order valence-electron chi connectivity index (χ1n) is 8.29. The van der Waals surface area contributed by atoms with E-state index in [1.54, 1.807) is 0 Å². The molecule has 1 aliphatic heterocycles. The minimum absolute atomic E-state index is 0.0197. The third-order valence-corrected chi connectivity index (χ3v) is 4.63. The Bertz CT molecular complexity index is 806. The second-order valence-electron chi connectivity index (χ2n) is 6.27. The Morgan fingerprint density at radius 3 is 2.68 bits per heavy atom. The van der Waals surface area contributed by atoms with Crippen molar-refractivity contribution >= 4 is 17.6 Å². The minimum Gasteiger partial charge on any atom is -0.478 e. The van der Waals surface area contributed by atoms with Gasteiger partial charge in [-0.1, -0.05) is 25.1 Å². The molecule has 25 heavy (non-hydrogen) atoms. The number of para-hydroxylation sites is 1. The van der Waals surface area contributed by atoms with Gasteiger partial charge in [0.1, 0.15) is 0 Å². The lowest BCUT2D eigenvalue weighted by molar-refractivity contribution is 0.0667. The molecule has 0 radical (unpaired) electrons. The number of hydrogen-bond donors (Lipinski definition) is 1. The number of likely N-dealkylation sites (N-methyl/N-ethyl adjacent to an activating group) is 1. The molecule has 2 heterocycles. The highest BCUT2D eigenvalue weighted by Crippen LogP contribution is 2.28. The first kappa shape index (κ1) is 17.0. The van der Waals surface area contributed by atoms with E-state index in [1.807, 2.05) is 30.1 Å². The Hall–Kier alpha value is -2.89. The summed E-state index contributed by atoms with van der Waals surface area (Å²) < 4.78 is 0. The van der Waals surface area contributed by atoms with Crippen LogP contribution >= 0.6 is 0 Å². The largest absolute Gasteiger partial charge is 0.478 e. The quantitative estimate of drug-likeness (QED) is 0.930. The van der Waals surface area contributed by atoms with E-state index in [0.29, 0.717) is 12.1 Å². The van der Waals surface area contributed by atoms with Crippen molar-refractivity contribution in [3.8, 4) is 0 Å². The zero-order valence-corrected chi connectivity index (χ0v) is 14.3. The van der Waals surface area contributed by atoms with E-state index in [9.17, 15) is 9.59 Å². The number of fused-ring (bicyclic) bond motifs is 1. The van der Waals surface area contributed by atoms with Gasteiger partial charge in [-0.2, -0.15) is 0 Å². The van der Waals surface area contributed by atoms with E-state index in [2.05, 4.69) is 22.9 Å². The van der Waals surface area contributed by atoms with Crippen LogP contribution < -0.4 is 4.90 Å². The number of carboxylic acid groups (broad SMARTS) is 1. The van der Waals surface area contributed by atoms with Crippen molar-refractivity contribution in [3.63, 3.8) is 0 Å². The van der Waals surface area contributed by atoms with E-state index >= 15 is 0 Å². The molecule has 1 aromatic heterocycles. The van der Waals surface area contributed by atoms with Gasteiger partial charge in [-0.3, -0.25) is 9.78 Å². The van der Waals surface area contributed by atoms with Crippen molar-refractivity contribution in [1.29, 1.82) is 0 Å². The lowest BCUT2D eigenvalue weighted by Gasteiger charge is -2.30. The summed E-state index contributed by atoms with van der Waals surface area (Å²) in [6.45, 7) is 3.28. The molecule has 6 heteroatoms. The van der Waals surface area contributed by atoms with Crippen LogP contribution in [0.2, 0.25) is 0 Å². The van der Waals surface area contributed by atoms with Crippen molar-refractivity contribution in [2.24, 2.45) is 0 Å². The van der Waals surface area contributed by atoms with Crippen molar-refractivity contribution in [3.05, 3.63) is 59.4 Å². The van der Waals surface area contributed by atoms with Gasteiger partial charge in [0.25, 0.3) is 5.91 Å². The summed E-state index contributed by atoms with van der Waals surface area (Å²) in [7, 11) is 2.03. The summed E-state index contributed by atoms with van der Waals surface area (Å²) in [5.74, 6) is -1.28. The molecule has 1 amide bonds. The van der Waals surface area contributed by atoms with Gasteiger partial charge < -0.3 is 14.9 Å². The normalized spacial score (nSPS) is 17.0. The predicted octanol–water partition coefficient (Wildman–Crippen LogP) is 2.65. The number of aromatic nitrogens is 1. The maximum atomic E-state index is 13.1. The summed E-state index contributed by atoms with van der Waals surface area (Å²) in [5.41, 5.74) is 2.52. The number of pyridine rings is 1. The number of carbonyl (C=O) groups excluding carboxylic acids is 1. The van der Waals surface area contributed by atoms with Crippen LogP contribution in [0, 0.1) is 0 Å². The molecule has 0 bridgehead atoms. The highest BCUT2D eigenvalue weighted by atomic mass is 16.4. The Balaban J connectivity index is 1.97. The van der Waals surface area contributed by atoms with E-state index in [-0.39, 0.29) is 17.5 Å². The van der Waals surface area contributed by atoms with Gasteiger partial charge in [0, 0.05) is 44.3 Å². The van der Waals surface area contributed by atoms with Gasteiger partial charge in [-0.15, -0.1) is 0 Å². The van der Waals surface area contributed by atoms with E-state index in [0.717, 1.165) is 24.2 Å². The maximum absolute atomic E-state index is 13.1. The zero-order chi connectivity index (χ0) is 18.0. The number of carbonyl (C=O) groups is 2. The molecule has 1 aromatic carbocycles. The molecule has 0 saturated heterocycles. The molecule has 0 aliphatic carbocycles. The summed E-state index contributed by atoms with van der Waals surface area (Å²) in [6, 6.07) is 9.48. The number of benzene rings is 1. The van der Waals surface area contributed by atoms with Crippen LogP contribution in [0.1, 0.15) is 39.6 Å². The fourth-order valence-corrected chi connectivity index (χ4v) is 3.27. The fourth-order valence-electron chi connectivity index (χ4n) is 3.27. The molecule has 1 unspecified atom stereocenters. The second-order valence-corrected chi connectivity index (χ2v) is 6.27. The first-order valence-corrected chi connectivity index (χ1v) is 8.29. The van der Waals surface area contributed by atoms with Gasteiger partial charge >= 0.3 is 5.97 Å². The van der Waals surface area contributed by atoms with Crippen LogP contribution in [0.3, 0.4) is 0 Å². The highest BCUT2D eigenvalue weighted by Gasteiger charge is 2.29. The van der Waals surface area contributed by atoms with Crippen molar-refractivity contribution in [2.45, 2.75) is 25.9 Å². The lowest BCUT2D eigenvalue weighted by atomic mass is 10.1. The van der Waals surface area contributed by atoms with Crippen LogP contribution in [0.15, 0.2) is 42.7 Å². The molecular formula is C19H21N3O3. The average molecular weight is 339 g/mol. The Labute approximate surface area is 146 Å². The molecule has 1 aliphatic rings. The second kappa shape index (κ2) is 6.93.